The van der Waals surface area contributed by atoms with Gasteiger partial charge in [0.05, 0.1) is 5.69 Å². The fraction of sp³-hybridized carbons (Fsp3) is 0.143. The highest BCUT2D eigenvalue weighted by Crippen LogP contribution is 2.22. The molecule has 0 saturated heterocycles. The molecule has 0 bridgehead atoms. The molecule has 1 aromatic carbocycles. The van der Waals surface area contributed by atoms with Gasteiger partial charge in [0.1, 0.15) is 24.0 Å². The Morgan fingerprint density at radius 3 is 2.26 bits per heavy atom. The summed E-state index contributed by atoms with van der Waals surface area (Å²) in [6, 6.07) is 14.7. The van der Waals surface area contributed by atoms with E-state index in [0.717, 1.165) is 5.56 Å². The highest BCUT2D eigenvalue weighted by molar-refractivity contribution is 5.54. The summed E-state index contributed by atoms with van der Waals surface area (Å²) in [5, 5.41) is 26.8. The van der Waals surface area contributed by atoms with Crippen LogP contribution in [0.1, 0.15) is 5.69 Å². The van der Waals surface area contributed by atoms with Gasteiger partial charge in [0.2, 0.25) is 5.41 Å². The van der Waals surface area contributed by atoms with Crippen molar-refractivity contribution in [2.45, 2.75) is 6.42 Å². The second kappa shape index (κ2) is 5.04. The zero-order valence-electron chi connectivity index (χ0n) is 9.96. The minimum atomic E-state index is -1.68. The minimum Gasteiger partial charge on any atom is -0.344 e. The number of aromatic nitrogens is 2. The summed E-state index contributed by atoms with van der Waals surface area (Å²) in [7, 11) is 0. The van der Waals surface area contributed by atoms with Crippen LogP contribution in [0.4, 0.5) is 0 Å². The largest absolute Gasteiger partial charge is 0.344 e. The Bertz CT molecular complexity index is 658. The van der Waals surface area contributed by atoms with Crippen LogP contribution in [0.25, 0.3) is 11.4 Å². The van der Waals surface area contributed by atoms with Gasteiger partial charge in [-0.1, -0.05) is 30.3 Å². The first kappa shape index (κ1) is 12.4. The molecular formula is C14H9N5. The van der Waals surface area contributed by atoms with Crippen molar-refractivity contribution in [3.8, 4) is 29.6 Å². The topological polar surface area (TPSA) is 100 Å². The molecule has 0 aliphatic rings. The molecule has 5 nitrogen and oxygen atoms in total. The Kier molecular flexibility index (Phi) is 3.28. The average molecular weight is 247 g/mol. The van der Waals surface area contributed by atoms with E-state index < -0.39 is 5.41 Å². The number of benzene rings is 1. The molecule has 2 aromatic rings. The van der Waals surface area contributed by atoms with Gasteiger partial charge in [-0.05, 0) is 0 Å². The summed E-state index contributed by atoms with van der Waals surface area (Å²) >= 11 is 0. The molecule has 1 N–H and O–H groups in total. The molecule has 0 aliphatic heterocycles. The molecule has 90 valence electrons. The van der Waals surface area contributed by atoms with E-state index in [4.69, 9.17) is 15.8 Å². The predicted octanol–water partition coefficient (Wildman–Crippen LogP) is 2.18. The lowest BCUT2D eigenvalue weighted by Crippen LogP contribution is -2.17. The number of nitriles is 3. The first-order chi connectivity index (χ1) is 9.23. The predicted molar refractivity (Wildman–Crippen MR) is 67.0 cm³/mol. The van der Waals surface area contributed by atoms with E-state index in [2.05, 4.69) is 9.97 Å². The Morgan fingerprint density at radius 2 is 1.68 bits per heavy atom. The summed E-state index contributed by atoms with van der Waals surface area (Å²) < 4.78 is 0. The van der Waals surface area contributed by atoms with E-state index >= 15 is 0 Å². The van der Waals surface area contributed by atoms with Crippen LogP contribution in [0.5, 0.6) is 0 Å². The van der Waals surface area contributed by atoms with E-state index in [1.54, 1.807) is 24.4 Å². The van der Waals surface area contributed by atoms with Crippen LogP contribution < -0.4 is 0 Å². The van der Waals surface area contributed by atoms with Gasteiger partial charge in [0.15, 0.2) is 0 Å². The molecular weight excluding hydrogens is 238 g/mol. The van der Waals surface area contributed by atoms with Crippen molar-refractivity contribution in [2.24, 2.45) is 5.41 Å². The van der Waals surface area contributed by atoms with Gasteiger partial charge >= 0.3 is 0 Å². The molecule has 5 heteroatoms. The second-order valence-corrected chi connectivity index (χ2v) is 4.02. The maximum Gasteiger partial charge on any atom is 0.234 e. The molecule has 0 radical (unpaired) electrons. The maximum atomic E-state index is 8.93. The van der Waals surface area contributed by atoms with Gasteiger partial charge in [0.25, 0.3) is 0 Å². The fourth-order valence-corrected chi connectivity index (χ4v) is 1.66. The second-order valence-electron chi connectivity index (χ2n) is 4.02. The van der Waals surface area contributed by atoms with Gasteiger partial charge in [0, 0.05) is 18.2 Å². The third-order valence-electron chi connectivity index (χ3n) is 2.70. The van der Waals surface area contributed by atoms with E-state index in [9.17, 15) is 0 Å². The van der Waals surface area contributed by atoms with Crippen molar-refractivity contribution in [2.75, 3.05) is 0 Å². The number of hydrogen-bond donors (Lipinski definition) is 1. The molecule has 0 saturated carbocycles. The SMILES string of the molecule is N#CC(C#N)(C#N)Cc1c[nH]c(-c2ccccc2)n1. The highest BCUT2D eigenvalue weighted by Gasteiger charge is 2.31. The van der Waals surface area contributed by atoms with Crippen LogP contribution in [0.3, 0.4) is 0 Å². The lowest BCUT2D eigenvalue weighted by molar-refractivity contribution is 0.662. The summed E-state index contributed by atoms with van der Waals surface area (Å²) in [5.41, 5.74) is -0.253. The van der Waals surface area contributed by atoms with Gasteiger partial charge in [-0.3, -0.25) is 0 Å². The molecule has 0 unspecified atom stereocenters. The van der Waals surface area contributed by atoms with Gasteiger partial charge in [-0.2, -0.15) is 15.8 Å². The molecule has 1 aromatic heterocycles. The zero-order chi connectivity index (χ0) is 13.7. The monoisotopic (exact) mass is 247 g/mol. The van der Waals surface area contributed by atoms with E-state index in [-0.39, 0.29) is 6.42 Å². The fourth-order valence-electron chi connectivity index (χ4n) is 1.66. The summed E-state index contributed by atoms with van der Waals surface area (Å²) in [4.78, 5) is 7.28. The van der Waals surface area contributed by atoms with Crippen LogP contribution >= 0.6 is 0 Å². The Balaban J connectivity index is 2.27. The molecule has 1 heterocycles. The van der Waals surface area contributed by atoms with Crippen LogP contribution in [-0.2, 0) is 6.42 Å². The molecule has 0 atom stereocenters. The first-order valence-electron chi connectivity index (χ1n) is 5.56. The van der Waals surface area contributed by atoms with Gasteiger partial charge in [-0.15, -0.1) is 0 Å². The number of imidazole rings is 1. The molecule has 2 rings (SSSR count). The van der Waals surface area contributed by atoms with Crippen molar-refractivity contribution in [3.63, 3.8) is 0 Å². The Labute approximate surface area is 110 Å². The van der Waals surface area contributed by atoms with Crippen LogP contribution in [0, 0.1) is 39.4 Å². The summed E-state index contributed by atoms with van der Waals surface area (Å²) in [5.74, 6) is 0.651. The normalized spacial score (nSPS) is 10.2. The smallest absolute Gasteiger partial charge is 0.234 e. The van der Waals surface area contributed by atoms with Crippen LogP contribution in [-0.4, -0.2) is 9.97 Å². The van der Waals surface area contributed by atoms with E-state index in [1.165, 1.54) is 0 Å². The molecule has 0 amide bonds. The standard InChI is InChI=1S/C14H9N5/c15-8-14(9-16,10-17)6-12-7-18-13(19-12)11-4-2-1-3-5-11/h1-5,7H,6H2,(H,18,19). The maximum absolute atomic E-state index is 8.93. The molecule has 19 heavy (non-hydrogen) atoms. The van der Waals surface area contributed by atoms with Crippen molar-refractivity contribution in [3.05, 3.63) is 42.2 Å². The lowest BCUT2D eigenvalue weighted by atomic mass is 9.88. The summed E-state index contributed by atoms with van der Waals surface area (Å²) in [6.07, 6.45) is 1.60. The molecule has 0 spiro atoms. The number of rotatable bonds is 3. The Hall–Kier alpha value is -3.10. The van der Waals surface area contributed by atoms with Crippen molar-refractivity contribution in [1.82, 2.24) is 9.97 Å². The van der Waals surface area contributed by atoms with E-state index in [1.807, 2.05) is 30.3 Å². The van der Waals surface area contributed by atoms with Gasteiger partial charge < -0.3 is 4.98 Å². The molecule has 0 aliphatic carbocycles. The third-order valence-corrected chi connectivity index (χ3v) is 2.70. The Morgan fingerprint density at radius 1 is 1.05 bits per heavy atom. The number of H-pyrrole nitrogens is 1. The quantitative estimate of drug-likeness (QED) is 0.898. The van der Waals surface area contributed by atoms with Crippen molar-refractivity contribution < 1.29 is 0 Å². The van der Waals surface area contributed by atoms with Crippen molar-refractivity contribution >= 4 is 0 Å². The number of hydrogen-bond acceptors (Lipinski definition) is 4. The number of nitrogens with one attached hydrogen (secondary N) is 1. The van der Waals surface area contributed by atoms with Crippen LogP contribution in [0.2, 0.25) is 0 Å². The van der Waals surface area contributed by atoms with Gasteiger partial charge in [-0.25, -0.2) is 4.98 Å². The third kappa shape index (κ3) is 2.44. The van der Waals surface area contributed by atoms with Crippen molar-refractivity contribution in [1.29, 1.82) is 15.8 Å². The first-order valence-corrected chi connectivity index (χ1v) is 5.56. The molecule has 0 fully saturated rings. The van der Waals surface area contributed by atoms with E-state index in [0.29, 0.717) is 11.5 Å². The zero-order valence-corrected chi connectivity index (χ0v) is 9.96. The highest BCUT2D eigenvalue weighted by atomic mass is 14.9. The summed E-state index contributed by atoms with van der Waals surface area (Å²) in [6.45, 7) is 0. The minimum absolute atomic E-state index is 0.0141. The number of nitrogens with zero attached hydrogens (tertiary/aromatic N) is 4. The number of aromatic amines is 1. The van der Waals surface area contributed by atoms with Crippen LogP contribution in [0.15, 0.2) is 36.5 Å². The lowest BCUT2D eigenvalue weighted by Gasteiger charge is -2.05. The average Bonchev–Trinajstić information content (AvgIpc) is 2.94.